The maximum Gasteiger partial charge on any atom is 0.196 e. The number of rotatable bonds is 4. The fourth-order valence-electron chi connectivity index (χ4n) is 3.26. The number of ether oxygens (including phenoxy) is 1. The lowest BCUT2D eigenvalue weighted by Gasteiger charge is -2.19. The van der Waals surface area contributed by atoms with Crippen LogP contribution in [0, 0.1) is 0 Å². The van der Waals surface area contributed by atoms with Crippen molar-refractivity contribution in [2.75, 3.05) is 5.73 Å². The van der Waals surface area contributed by atoms with Crippen LogP contribution < -0.4 is 10.5 Å². The first-order valence-corrected chi connectivity index (χ1v) is 8.58. The molecule has 27 heavy (non-hydrogen) atoms. The molecule has 3 aromatic rings. The number of hydrogen-bond donors (Lipinski definition) is 1. The molecule has 132 valence electrons. The van der Waals surface area contributed by atoms with Crippen LogP contribution in [-0.4, -0.2) is 11.6 Å². The molecular formula is C23H17NO3. The summed E-state index contributed by atoms with van der Waals surface area (Å²) < 4.78 is 5.86. The van der Waals surface area contributed by atoms with E-state index in [0.717, 1.165) is 12.0 Å². The number of allylic oxidation sites excluding steroid dienone is 1. The fraction of sp³-hybridized carbons (Fsp3) is 0.0435. The van der Waals surface area contributed by atoms with E-state index in [4.69, 9.17) is 10.5 Å². The number of fused-ring (bicyclic) bond motifs is 2. The number of carbonyl (C=O) groups is 2. The quantitative estimate of drug-likeness (QED) is 0.430. The molecule has 0 bridgehead atoms. The summed E-state index contributed by atoms with van der Waals surface area (Å²) in [5.41, 5.74) is 8.66. The van der Waals surface area contributed by atoms with Gasteiger partial charge in [-0.1, -0.05) is 30.3 Å². The van der Waals surface area contributed by atoms with Crippen molar-refractivity contribution in [2.24, 2.45) is 0 Å². The summed E-state index contributed by atoms with van der Waals surface area (Å²) in [6.45, 7) is 3.72. The molecule has 2 N–H and O–H groups in total. The molecule has 0 aromatic heterocycles. The number of carbonyl (C=O) groups excluding carboxylic acids is 2. The predicted octanol–water partition coefficient (Wildman–Crippen LogP) is 4.57. The van der Waals surface area contributed by atoms with E-state index >= 15 is 0 Å². The Hall–Kier alpha value is -3.66. The van der Waals surface area contributed by atoms with Gasteiger partial charge in [0.2, 0.25) is 0 Å². The summed E-state index contributed by atoms with van der Waals surface area (Å²) in [6.07, 6.45) is 2.63. The molecule has 4 rings (SSSR count). The monoisotopic (exact) mass is 355 g/mol. The zero-order valence-electron chi connectivity index (χ0n) is 14.6. The third-order valence-electron chi connectivity index (χ3n) is 4.59. The third kappa shape index (κ3) is 2.91. The van der Waals surface area contributed by atoms with E-state index in [0.29, 0.717) is 33.9 Å². The second kappa shape index (κ2) is 6.57. The Morgan fingerprint density at radius 2 is 1.59 bits per heavy atom. The minimum atomic E-state index is -0.238. The Bertz CT molecular complexity index is 1080. The Morgan fingerprint density at radius 1 is 0.852 bits per heavy atom. The molecule has 1 aliphatic rings. The molecule has 3 aromatic carbocycles. The standard InChI is InChI=1S/C23H17NO3/c1-2-4-14-7-9-15(10-8-14)27-16-11-12-17-19(13-16)22(25)18-5-3-6-20(24)21(18)23(17)26/h2-3,5-13H,1,4,24H2. The van der Waals surface area contributed by atoms with Crippen LogP contribution in [0.25, 0.3) is 0 Å². The Morgan fingerprint density at radius 3 is 2.33 bits per heavy atom. The molecule has 4 heteroatoms. The van der Waals surface area contributed by atoms with Crippen molar-refractivity contribution in [1.29, 1.82) is 0 Å². The average molecular weight is 355 g/mol. The van der Waals surface area contributed by atoms with E-state index < -0.39 is 0 Å². The van der Waals surface area contributed by atoms with Gasteiger partial charge in [0.1, 0.15) is 11.5 Å². The normalized spacial score (nSPS) is 12.3. The summed E-state index contributed by atoms with van der Waals surface area (Å²) in [5, 5.41) is 0. The summed E-state index contributed by atoms with van der Waals surface area (Å²) in [7, 11) is 0. The molecule has 0 saturated carbocycles. The van der Waals surface area contributed by atoms with Crippen molar-refractivity contribution < 1.29 is 14.3 Å². The van der Waals surface area contributed by atoms with Crippen molar-refractivity contribution in [1.82, 2.24) is 0 Å². The number of hydrogen-bond acceptors (Lipinski definition) is 4. The summed E-state index contributed by atoms with van der Waals surface area (Å²) in [4.78, 5) is 25.6. The SMILES string of the molecule is C=CCc1ccc(Oc2ccc3c(c2)C(=O)c2cccc(N)c2C3=O)cc1. The molecule has 0 atom stereocenters. The summed E-state index contributed by atoms with van der Waals surface area (Å²) >= 11 is 0. The fourth-order valence-corrected chi connectivity index (χ4v) is 3.26. The van der Waals surface area contributed by atoms with Gasteiger partial charge in [-0.15, -0.1) is 6.58 Å². The highest BCUT2D eigenvalue weighted by atomic mass is 16.5. The maximum absolute atomic E-state index is 12.9. The van der Waals surface area contributed by atoms with E-state index in [2.05, 4.69) is 6.58 Å². The molecule has 1 aliphatic carbocycles. The first kappa shape index (κ1) is 16.8. The Labute approximate surface area is 156 Å². The van der Waals surface area contributed by atoms with Crippen molar-refractivity contribution in [3.63, 3.8) is 0 Å². The highest BCUT2D eigenvalue weighted by molar-refractivity contribution is 6.30. The van der Waals surface area contributed by atoms with Gasteiger partial charge in [0.15, 0.2) is 11.6 Å². The zero-order valence-corrected chi connectivity index (χ0v) is 14.6. The van der Waals surface area contributed by atoms with E-state index in [1.165, 1.54) is 0 Å². The Balaban J connectivity index is 1.68. The van der Waals surface area contributed by atoms with Crippen LogP contribution in [0.2, 0.25) is 0 Å². The van der Waals surface area contributed by atoms with Crippen molar-refractivity contribution in [3.05, 3.63) is 101 Å². The average Bonchev–Trinajstić information content (AvgIpc) is 2.68. The molecule has 4 nitrogen and oxygen atoms in total. The molecule has 0 amide bonds. The second-order valence-electron chi connectivity index (χ2n) is 6.37. The van der Waals surface area contributed by atoms with Crippen LogP contribution in [-0.2, 0) is 6.42 Å². The number of ketones is 2. The molecule has 0 radical (unpaired) electrons. The van der Waals surface area contributed by atoms with Crippen LogP contribution in [0.3, 0.4) is 0 Å². The van der Waals surface area contributed by atoms with Crippen molar-refractivity contribution >= 4 is 17.3 Å². The van der Waals surface area contributed by atoms with Crippen LogP contribution in [0.5, 0.6) is 11.5 Å². The van der Waals surface area contributed by atoms with Gasteiger partial charge in [0.05, 0.1) is 5.56 Å². The van der Waals surface area contributed by atoms with E-state index in [1.54, 1.807) is 36.4 Å². The third-order valence-corrected chi connectivity index (χ3v) is 4.59. The lowest BCUT2D eigenvalue weighted by molar-refractivity contribution is 0.0979. The van der Waals surface area contributed by atoms with E-state index in [-0.39, 0.29) is 17.1 Å². The number of anilines is 1. The van der Waals surface area contributed by atoms with Gasteiger partial charge >= 0.3 is 0 Å². The first-order valence-electron chi connectivity index (χ1n) is 8.58. The summed E-state index contributed by atoms with van der Waals surface area (Å²) in [6, 6.07) is 17.5. The lowest BCUT2D eigenvalue weighted by Crippen LogP contribution is -2.22. The predicted molar refractivity (Wildman–Crippen MR) is 105 cm³/mol. The minimum Gasteiger partial charge on any atom is -0.457 e. The highest BCUT2D eigenvalue weighted by Gasteiger charge is 2.31. The molecular weight excluding hydrogens is 338 g/mol. The van der Waals surface area contributed by atoms with Gasteiger partial charge in [-0.05, 0) is 48.4 Å². The minimum absolute atomic E-state index is 0.223. The number of benzene rings is 3. The molecule has 0 unspecified atom stereocenters. The van der Waals surface area contributed by atoms with Crippen LogP contribution in [0.15, 0.2) is 73.3 Å². The smallest absolute Gasteiger partial charge is 0.196 e. The second-order valence-corrected chi connectivity index (χ2v) is 6.37. The Kier molecular flexibility index (Phi) is 4.09. The number of nitrogens with two attached hydrogens (primary N) is 1. The van der Waals surface area contributed by atoms with Crippen LogP contribution in [0.1, 0.15) is 37.4 Å². The van der Waals surface area contributed by atoms with Crippen LogP contribution >= 0.6 is 0 Å². The number of nitrogen functional groups attached to an aromatic ring is 1. The van der Waals surface area contributed by atoms with Gasteiger partial charge in [-0.3, -0.25) is 9.59 Å². The molecule has 0 aliphatic heterocycles. The molecule has 0 saturated heterocycles. The topological polar surface area (TPSA) is 69.4 Å². The van der Waals surface area contributed by atoms with Gasteiger partial charge < -0.3 is 10.5 Å². The van der Waals surface area contributed by atoms with Gasteiger partial charge in [-0.25, -0.2) is 0 Å². The van der Waals surface area contributed by atoms with Crippen LogP contribution in [0.4, 0.5) is 5.69 Å². The van der Waals surface area contributed by atoms with Crippen molar-refractivity contribution in [3.8, 4) is 11.5 Å². The van der Waals surface area contributed by atoms with E-state index in [9.17, 15) is 9.59 Å². The van der Waals surface area contributed by atoms with Crippen molar-refractivity contribution in [2.45, 2.75) is 6.42 Å². The molecule has 0 heterocycles. The van der Waals surface area contributed by atoms with Gasteiger partial charge in [-0.2, -0.15) is 0 Å². The highest BCUT2D eigenvalue weighted by Crippen LogP contribution is 2.33. The van der Waals surface area contributed by atoms with Gasteiger partial charge in [0.25, 0.3) is 0 Å². The maximum atomic E-state index is 12.9. The zero-order chi connectivity index (χ0) is 19.0. The first-order chi connectivity index (χ1) is 13.1. The molecule has 0 fully saturated rings. The van der Waals surface area contributed by atoms with E-state index in [1.807, 2.05) is 30.3 Å². The molecule has 0 spiro atoms. The largest absolute Gasteiger partial charge is 0.457 e. The van der Waals surface area contributed by atoms with Gasteiger partial charge in [0, 0.05) is 22.4 Å². The lowest BCUT2D eigenvalue weighted by atomic mass is 9.83. The summed E-state index contributed by atoms with van der Waals surface area (Å²) in [5.74, 6) is 0.692.